The van der Waals surface area contributed by atoms with Crippen LogP contribution in [0.3, 0.4) is 0 Å². The maximum atomic E-state index is 12.2. The average molecular weight is 344 g/mol. The van der Waals surface area contributed by atoms with E-state index in [-0.39, 0.29) is 24.2 Å². The lowest BCUT2D eigenvalue weighted by molar-refractivity contribution is -0.126. The highest BCUT2D eigenvalue weighted by atomic mass is 35.5. The molecule has 1 aromatic rings. The van der Waals surface area contributed by atoms with Crippen LogP contribution in [0.4, 0.5) is 0 Å². The zero-order valence-corrected chi connectivity index (χ0v) is 14.8. The van der Waals surface area contributed by atoms with E-state index in [1.807, 2.05) is 11.3 Å². The van der Waals surface area contributed by atoms with E-state index >= 15 is 0 Å². The highest BCUT2D eigenvalue weighted by Gasteiger charge is 2.24. The molecule has 1 aromatic heterocycles. The number of carbonyl (C=O) groups is 1. The second kappa shape index (κ2) is 8.29. The van der Waals surface area contributed by atoms with Gasteiger partial charge in [0, 0.05) is 43.0 Å². The standard InChI is InChI=1S/C16H25N3OS.ClH/c1-12-10-13(2-5-17-12)16(20)18-6-8-19-7-3-15-14(11-19)4-9-21-15;/h4,9,12-13,17H,2-3,5-8,10-11H2,1H3,(H,18,20);1H/t12-,13-;/m0./s1. The molecule has 124 valence electrons. The van der Waals surface area contributed by atoms with E-state index in [0.29, 0.717) is 6.04 Å². The minimum absolute atomic E-state index is 0. The SMILES string of the molecule is C[C@H]1C[C@@H](C(=O)NCCN2CCc3sccc3C2)CCN1.Cl. The van der Waals surface area contributed by atoms with Gasteiger partial charge in [0.2, 0.25) is 5.91 Å². The Morgan fingerprint density at radius 3 is 3.23 bits per heavy atom. The first-order valence-corrected chi connectivity index (χ1v) is 8.89. The number of hydrogen-bond acceptors (Lipinski definition) is 4. The molecule has 0 spiro atoms. The summed E-state index contributed by atoms with van der Waals surface area (Å²) in [6, 6.07) is 2.70. The number of hydrogen-bond donors (Lipinski definition) is 2. The van der Waals surface area contributed by atoms with E-state index in [1.165, 1.54) is 5.56 Å². The third kappa shape index (κ3) is 4.44. The molecule has 0 aliphatic carbocycles. The molecule has 3 heterocycles. The van der Waals surface area contributed by atoms with Crippen LogP contribution in [0.2, 0.25) is 0 Å². The van der Waals surface area contributed by atoms with Crippen LogP contribution in [0.1, 0.15) is 30.2 Å². The van der Waals surface area contributed by atoms with Crippen molar-refractivity contribution in [2.75, 3.05) is 26.2 Å². The quantitative estimate of drug-likeness (QED) is 0.879. The number of rotatable bonds is 4. The van der Waals surface area contributed by atoms with Gasteiger partial charge in [0.1, 0.15) is 0 Å². The van der Waals surface area contributed by atoms with Gasteiger partial charge in [-0.3, -0.25) is 9.69 Å². The van der Waals surface area contributed by atoms with E-state index in [1.54, 1.807) is 4.88 Å². The Morgan fingerprint density at radius 1 is 1.55 bits per heavy atom. The van der Waals surface area contributed by atoms with E-state index in [2.05, 4.69) is 33.9 Å². The summed E-state index contributed by atoms with van der Waals surface area (Å²) in [6.07, 6.45) is 3.10. The first-order valence-electron chi connectivity index (χ1n) is 8.01. The van der Waals surface area contributed by atoms with E-state index in [4.69, 9.17) is 0 Å². The molecule has 6 heteroatoms. The minimum atomic E-state index is 0. The van der Waals surface area contributed by atoms with Crippen LogP contribution in [0.15, 0.2) is 11.4 Å². The molecule has 0 saturated carbocycles. The Morgan fingerprint density at radius 2 is 2.41 bits per heavy atom. The molecule has 0 radical (unpaired) electrons. The summed E-state index contributed by atoms with van der Waals surface area (Å²) in [7, 11) is 0. The molecule has 2 atom stereocenters. The van der Waals surface area contributed by atoms with Crippen LogP contribution in [0.25, 0.3) is 0 Å². The lowest BCUT2D eigenvalue weighted by atomic mass is 9.92. The molecule has 0 bridgehead atoms. The van der Waals surface area contributed by atoms with Crippen molar-refractivity contribution in [1.29, 1.82) is 0 Å². The molecular weight excluding hydrogens is 318 g/mol. The number of nitrogens with zero attached hydrogens (tertiary/aromatic N) is 1. The fourth-order valence-corrected chi connectivity index (χ4v) is 4.24. The third-order valence-corrected chi connectivity index (χ3v) is 5.63. The van der Waals surface area contributed by atoms with Gasteiger partial charge in [-0.15, -0.1) is 23.7 Å². The fourth-order valence-electron chi connectivity index (χ4n) is 3.35. The summed E-state index contributed by atoms with van der Waals surface area (Å²) in [4.78, 5) is 16.2. The van der Waals surface area contributed by atoms with Gasteiger partial charge < -0.3 is 10.6 Å². The Balaban J connectivity index is 0.00000176. The maximum absolute atomic E-state index is 12.2. The predicted octanol–water partition coefficient (Wildman–Crippen LogP) is 2.03. The highest BCUT2D eigenvalue weighted by Crippen LogP contribution is 2.23. The second-order valence-corrected chi connectivity index (χ2v) is 7.26. The van der Waals surface area contributed by atoms with Crippen molar-refractivity contribution < 1.29 is 4.79 Å². The molecule has 22 heavy (non-hydrogen) atoms. The summed E-state index contributed by atoms with van der Waals surface area (Å²) < 4.78 is 0. The largest absolute Gasteiger partial charge is 0.355 e. The van der Waals surface area contributed by atoms with Gasteiger partial charge in [0.25, 0.3) is 0 Å². The van der Waals surface area contributed by atoms with Crippen LogP contribution in [-0.2, 0) is 17.8 Å². The predicted molar refractivity (Wildman–Crippen MR) is 93.7 cm³/mol. The van der Waals surface area contributed by atoms with Gasteiger partial charge in [-0.05, 0) is 49.7 Å². The number of fused-ring (bicyclic) bond motifs is 1. The summed E-state index contributed by atoms with van der Waals surface area (Å²) in [6.45, 7) is 7.02. The molecule has 2 aliphatic heterocycles. The van der Waals surface area contributed by atoms with Crippen molar-refractivity contribution >= 4 is 29.7 Å². The number of thiophene rings is 1. The zero-order valence-electron chi connectivity index (χ0n) is 13.1. The average Bonchev–Trinajstić information content (AvgIpc) is 2.94. The monoisotopic (exact) mass is 343 g/mol. The second-order valence-electron chi connectivity index (χ2n) is 6.26. The molecular formula is C16H26ClN3OS. The normalized spacial score (nSPS) is 25.1. The first-order chi connectivity index (χ1) is 10.2. The molecule has 1 saturated heterocycles. The lowest BCUT2D eigenvalue weighted by Crippen LogP contribution is -2.44. The summed E-state index contributed by atoms with van der Waals surface area (Å²) >= 11 is 1.87. The molecule has 0 unspecified atom stereocenters. The first kappa shape index (κ1) is 17.7. The van der Waals surface area contributed by atoms with Gasteiger partial charge in [-0.1, -0.05) is 0 Å². The van der Waals surface area contributed by atoms with Crippen molar-refractivity contribution in [3.63, 3.8) is 0 Å². The Hall–Kier alpha value is -0.620. The van der Waals surface area contributed by atoms with Gasteiger partial charge in [-0.2, -0.15) is 0 Å². The highest BCUT2D eigenvalue weighted by molar-refractivity contribution is 7.10. The van der Waals surface area contributed by atoms with Crippen molar-refractivity contribution in [2.45, 2.75) is 38.8 Å². The van der Waals surface area contributed by atoms with Crippen LogP contribution >= 0.6 is 23.7 Å². The van der Waals surface area contributed by atoms with E-state index < -0.39 is 0 Å². The summed E-state index contributed by atoms with van der Waals surface area (Å²) in [5.41, 5.74) is 1.48. The van der Waals surface area contributed by atoms with Gasteiger partial charge >= 0.3 is 0 Å². The van der Waals surface area contributed by atoms with Crippen LogP contribution in [0, 0.1) is 5.92 Å². The molecule has 4 nitrogen and oxygen atoms in total. The van der Waals surface area contributed by atoms with Crippen molar-refractivity contribution in [3.05, 3.63) is 21.9 Å². The number of carbonyl (C=O) groups excluding carboxylic acids is 1. The molecule has 3 rings (SSSR count). The topological polar surface area (TPSA) is 44.4 Å². The summed E-state index contributed by atoms with van der Waals surface area (Å²) in [5, 5.41) is 8.72. The van der Waals surface area contributed by atoms with E-state index in [0.717, 1.165) is 52.0 Å². The Bertz CT molecular complexity index is 493. The number of nitrogens with one attached hydrogen (secondary N) is 2. The minimum Gasteiger partial charge on any atom is -0.355 e. The molecule has 1 fully saturated rings. The Labute approximate surface area is 143 Å². The zero-order chi connectivity index (χ0) is 14.7. The molecule has 0 aromatic carbocycles. The van der Waals surface area contributed by atoms with Crippen molar-refractivity contribution in [3.8, 4) is 0 Å². The van der Waals surface area contributed by atoms with Crippen LogP contribution in [0.5, 0.6) is 0 Å². The molecule has 1 amide bonds. The van der Waals surface area contributed by atoms with Crippen LogP contribution < -0.4 is 10.6 Å². The molecule has 2 aliphatic rings. The number of piperidine rings is 1. The maximum Gasteiger partial charge on any atom is 0.223 e. The van der Waals surface area contributed by atoms with Crippen LogP contribution in [-0.4, -0.2) is 43.0 Å². The lowest BCUT2D eigenvalue weighted by Gasteiger charge is -2.29. The number of amides is 1. The van der Waals surface area contributed by atoms with E-state index in [9.17, 15) is 4.79 Å². The smallest absolute Gasteiger partial charge is 0.223 e. The number of halogens is 1. The van der Waals surface area contributed by atoms with Crippen molar-refractivity contribution in [2.24, 2.45) is 5.92 Å². The van der Waals surface area contributed by atoms with Crippen molar-refractivity contribution in [1.82, 2.24) is 15.5 Å². The van der Waals surface area contributed by atoms with Gasteiger partial charge in [0.15, 0.2) is 0 Å². The summed E-state index contributed by atoms with van der Waals surface area (Å²) in [5.74, 6) is 0.447. The molecule has 2 N–H and O–H groups in total. The van der Waals surface area contributed by atoms with Gasteiger partial charge in [-0.25, -0.2) is 0 Å². The fraction of sp³-hybridized carbons (Fsp3) is 0.688. The Kier molecular flexibility index (Phi) is 6.68. The third-order valence-electron chi connectivity index (χ3n) is 4.61. The van der Waals surface area contributed by atoms with Gasteiger partial charge in [0.05, 0.1) is 0 Å².